The van der Waals surface area contributed by atoms with Crippen LogP contribution in [0.5, 0.6) is 0 Å². The van der Waals surface area contributed by atoms with Crippen LogP contribution < -0.4 is 15.5 Å². The predicted molar refractivity (Wildman–Crippen MR) is 91.9 cm³/mol. The van der Waals surface area contributed by atoms with Crippen LogP contribution in [0.15, 0.2) is 6.07 Å². The van der Waals surface area contributed by atoms with Gasteiger partial charge >= 0.3 is 0 Å². The van der Waals surface area contributed by atoms with E-state index >= 15 is 0 Å². The summed E-state index contributed by atoms with van der Waals surface area (Å²) in [5.74, 6) is 1.58. The summed E-state index contributed by atoms with van der Waals surface area (Å²) in [5.41, 5.74) is 0.957. The second kappa shape index (κ2) is 7.54. The molecule has 5 nitrogen and oxygen atoms in total. The van der Waals surface area contributed by atoms with Crippen LogP contribution in [0.4, 0.5) is 11.8 Å². The van der Waals surface area contributed by atoms with Crippen LogP contribution in [-0.4, -0.2) is 34.2 Å². The number of anilines is 2. The van der Waals surface area contributed by atoms with E-state index in [1.807, 2.05) is 6.92 Å². The fourth-order valence-electron chi connectivity index (χ4n) is 2.58. The molecule has 0 bridgehead atoms. The van der Waals surface area contributed by atoms with Crippen LogP contribution in [-0.2, 0) is 0 Å². The number of aromatic nitrogens is 2. The van der Waals surface area contributed by atoms with Crippen molar-refractivity contribution in [2.75, 3.05) is 23.3 Å². The number of nitrogens with one attached hydrogen (secondary N) is 2. The fourth-order valence-corrected chi connectivity index (χ4v) is 2.77. The van der Waals surface area contributed by atoms with E-state index in [1.165, 1.54) is 19.3 Å². The third kappa shape index (κ3) is 4.52. The van der Waals surface area contributed by atoms with E-state index in [4.69, 9.17) is 12.2 Å². The molecule has 0 aromatic carbocycles. The van der Waals surface area contributed by atoms with Gasteiger partial charge < -0.3 is 15.5 Å². The standard InChI is InChI=1S/C15H25N5S/c1-4-8-16-15(21)19-14-17-11(2)10-13(18-14)20-9-6-5-7-12(20)3/h10,12H,4-9H2,1-3H3,(H2,16,17,18,19,21)/t12-/m1/s1. The van der Waals surface area contributed by atoms with Crippen molar-refractivity contribution in [2.45, 2.75) is 52.5 Å². The lowest BCUT2D eigenvalue weighted by molar-refractivity contribution is 0.481. The van der Waals surface area contributed by atoms with E-state index in [9.17, 15) is 0 Å². The summed E-state index contributed by atoms with van der Waals surface area (Å²) in [6.45, 7) is 8.28. The molecule has 21 heavy (non-hydrogen) atoms. The number of nitrogens with zero attached hydrogens (tertiary/aromatic N) is 3. The first-order chi connectivity index (χ1) is 10.1. The van der Waals surface area contributed by atoms with Crippen molar-refractivity contribution in [3.05, 3.63) is 11.8 Å². The monoisotopic (exact) mass is 307 g/mol. The molecule has 2 rings (SSSR count). The lowest BCUT2D eigenvalue weighted by atomic mass is 10.0. The minimum atomic E-state index is 0.533. The van der Waals surface area contributed by atoms with Crippen molar-refractivity contribution in [3.63, 3.8) is 0 Å². The molecule has 0 amide bonds. The van der Waals surface area contributed by atoms with E-state index in [0.29, 0.717) is 17.1 Å². The summed E-state index contributed by atoms with van der Waals surface area (Å²) in [4.78, 5) is 11.4. The van der Waals surface area contributed by atoms with Gasteiger partial charge in [-0.1, -0.05) is 6.92 Å². The Balaban J connectivity index is 2.11. The minimum absolute atomic E-state index is 0.533. The largest absolute Gasteiger partial charge is 0.362 e. The summed E-state index contributed by atoms with van der Waals surface area (Å²) in [7, 11) is 0. The SMILES string of the molecule is CCCNC(=S)Nc1nc(C)cc(N2CCCC[C@H]2C)n1. The average Bonchev–Trinajstić information content (AvgIpc) is 2.45. The quantitative estimate of drug-likeness (QED) is 0.834. The smallest absolute Gasteiger partial charge is 0.231 e. The lowest BCUT2D eigenvalue weighted by Crippen LogP contribution is -2.38. The van der Waals surface area contributed by atoms with Gasteiger partial charge in [-0.3, -0.25) is 0 Å². The Kier molecular flexibility index (Phi) is 5.73. The van der Waals surface area contributed by atoms with Crippen molar-refractivity contribution in [3.8, 4) is 0 Å². The van der Waals surface area contributed by atoms with Crippen molar-refractivity contribution in [2.24, 2.45) is 0 Å². The second-order valence-electron chi connectivity index (χ2n) is 5.61. The van der Waals surface area contributed by atoms with Gasteiger partial charge in [-0.05, 0) is 51.7 Å². The average molecular weight is 307 g/mol. The molecule has 0 spiro atoms. The Labute approximate surface area is 132 Å². The fraction of sp³-hybridized carbons (Fsp3) is 0.667. The van der Waals surface area contributed by atoms with E-state index in [-0.39, 0.29) is 0 Å². The van der Waals surface area contributed by atoms with Gasteiger partial charge in [0.1, 0.15) is 5.82 Å². The molecule has 0 aliphatic carbocycles. The van der Waals surface area contributed by atoms with Crippen LogP contribution in [0.1, 0.15) is 45.2 Å². The molecular formula is C15H25N5S. The maximum absolute atomic E-state index is 5.25. The molecule has 0 unspecified atom stereocenters. The number of aryl methyl sites for hydroxylation is 1. The molecule has 1 fully saturated rings. The van der Waals surface area contributed by atoms with Crippen LogP contribution in [0.3, 0.4) is 0 Å². The van der Waals surface area contributed by atoms with E-state index in [0.717, 1.165) is 31.0 Å². The Morgan fingerprint density at radius 1 is 1.43 bits per heavy atom. The molecule has 1 aliphatic heterocycles. The Hall–Kier alpha value is -1.43. The molecule has 1 aliphatic rings. The third-order valence-electron chi connectivity index (χ3n) is 3.70. The number of piperidine rings is 1. The number of hydrogen-bond donors (Lipinski definition) is 2. The molecule has 0 saturated carbocycles. The molecular weight excluding hydrogens is 282 g/mol. The highest BCUT2D eigenvalue weighted by atomic mass is 32.1. The first-order valence-corrected chi connectivity index (χ1v) is 8.18. The Bertz CT molecular complexity index is 491. The van der Waals surface area contributed by atoms with Crippen LogP contribution in [0.2, 0.25) is 0 Å². The van der Waals surface area contributed by atoms with Crippen molar-refractivity contribution < 1.29 is 0 Å². The number of thiocarbonyl (C=S) groups is 1. The number of rotatable bonds is 4. The zero-order valence-electron chi connectivity index (χ0n) is 13.1. The summed E-state index contributed by atoms with van der Waals surface area (Å²) < 4.78 is 0. The maximum atomic E-state index is 5.25. The predicted octanol–water partition coefficient (Wildman–Crippen LogP) is 2.86. The molecule has 1 saturated heterocycles. The normalized spacial score (nSPS) is 18.4. The summed E-state index contributed by atoms with van der Waals surface area (Å²) >= 11 is 5.25. The molecule has 0 radical (unpaired) electrons. The highest BCUT2D eigenvalue weighted by Crippen LogP contribution is 2.24. The topological polar surface area (TPSA) is 53.1 Å². The van der Waals surface area contributed by atoms with Gasteiger partial charge in [0.2, 0.25) is 5.95 Å². The van der Waals surface area contributed by atoms with E-state index in [1.54, 1.807) is 0 Å². The van der Waals surface area contributed by atoms with Gasteiger partial charge in [-0.15, -0.1) is 0 Å². The Morgan fingerprint density at radius 3 is 2.95 bits per heavy atom. The maximum Gasteiger partial charge on any atom is 0.231 e. The lowest BCUT2D eigenvalue weighted by Gasteiger charge is -2.34. The molecule has 1 aromatic heterocycles. The van der Waals surface area contributed by atoms with Crippen LogP contribution >= 0.6 is 12.2 Å². The van der Waals surface area contributed by atoms with Gasteiger partial charge in [-0.25, -0.2) is 4.98 Å². The van der Waals surface area contributed by atoms with Gasteiger partial charge in [0.05, 0.1) is 0 Å². The first-order valence-electron chi connectivity index (χ1n) is 7.77. The van der Waals surface area contributed by atoms with Gasteiger partial charge in [0.15, 0.2) is 5.11 Å². The molecule has 2 N–H and O–H groups in total. The highest BCUT2D eigenvalue weighted by molar-refractivity contribution is 7.80. The van der Waals surface area contributed by atoms with E-state index in [2.05, 4.69) is 45.4 Å². The summed E-state index contributed by atoms with van der Waals surface area (Å²) in [6.07, 6.45) is 4.79. The molecule has 116 valence electrons. The molecule has 1 aromatic rings. The zero-order valence-corrected chi connectivity index (χ0v) is 14.0. The first kappa shape index (κ1) is 15.9. The molecule has 1 atom stereocenters. The van der Waals surface area contributed by atoms with E-state index < -0.39 is 0 Å². The second-order valence-corrected chi connectivity index (χ2v) is 6.02. The van der Waals surface area contributed by atoms with Crippen LogP contribution in [0.25, 0.3) is 0 Å². The van der Waals surface area contributed by atoms with Crippen molar-refractivity contribution in [1.82, 2.24) is 15.3 Å². The van der Waals surface area contributed by atoms with Gasteiger partial charge in [0.25, 0.3) is 0 Å². The minimum Gasteiger partial charge on any atom is -0.362 e. The van der Waals surface area contributed by atoms with Crippen molar-refractivity contribution >= 4 is 29.1 Å². The molecule has 6 heteroatoms. The zero-order chi connectivity index (χ0) is 15.2. The van der Waals surface area contributed by atoms with Crippen LogP contribution in [0, 0.1) is 6.92 Å². The van der Waals surface area contributed by atoms with Gasteiger partial charge in [-0.2, -0.15) is 4.98 Å². The number of hydrogen-bond acceptors (Lipinski definition) is 4. The van der Waals surface area contributed by atoms with Crippen molar-refractivity contribution in [1.29, 1.82) is 0 Å². The molecule has 2 heterocycles. The van der Waals surface area contributed by atoms with Gasteiger partial charge in [0, 0.05) is 30.9 Å². The summed E-state index contributed by atoms with van der Waals surface area (Å²) in [5, 5.41) is 6.80. The Morgan fingerprint density at radius 2 is 2.24 bits per heavy atom. The third-order valence-corrected chi connectivity index (χ3v) is 3.95. The highest BCUT2D eigenvalue weighted by Gasteiger charge is 2.20. The summed E-state index contributed by atoms with van der Waals surface area (Å²) in [6, 6.07) is 2.58.